The van der Waals surface area contributed by atoms with Gasteiger partial charge in [0.1, 0.15) is 11.5 Å². The normalized spacial score (nSPS) is 20.0. The Bertz CT molecular complexity index is 704. The number of benzene rings is 1. The van der Waals surface area contributed by atoms with Crippen LogP contribution in [0.15, 0.2) is 52.8 Å². The van der Waals surface area contributed by atoms with Gasteiger partial charge >= 0.3 is 7.12 Å². The highest BCUT2D eigenvalue weighted by molar-refractivity contribution is 6.54. The Hall–Kier alpha value is -1.85. The van der Waals surface area contributed by atoms with Gasteiger partial charge in [-0.05, 0) is 51.5 Å². The van der Waals surface area contributed by atoms with Gasteiger partial charge in [0.25, 0.3) is 0 Å². The number of furan rings is 1. The molecule has 0 spiro atoms. The van der Waals surface area contributed by atoms with E-state index >= 15 is 0 Å². The molecule has 0 bridgehead atoms. The minimum absolute atomic E-state index is 0.456. The van der Waals surface area contributed by atoms with E-state index in [0.717, 1.165) is 11.1 Å². The third kappa shape index (κ3) is 2.99. The number of halogens is 1. The van der Waals surface area contributed by atoms with Gasteiger partial charge in [0.15, 0.2) is 0 Å². The molecule has 5 heteroatoms. The molecule has 0 unspecified atom stereocenters. The first-order chi connectivity index (χ1) is 10.8. The maximum atomic E-state index is 14.7. The van der Waals surface area contributed by atoms with E-state index in [2.05, 4.69) is 0 Å². The van der Waals surface area contributed by atoms with E-state index in [1.54, 1.807) is 12.3 Å². The lowest BCUT2D eigenvalue weighted by molar-refractivity contribution is 0.00578. The number of hydrogen-bond donors (Lipinski definition) is 0. The maximum absolute atomic E-state index is 14.7. The quantitative estimate of drug-likeness (QED) is 0.756. The zero-order valence-electron chi connectivity index (χ0n) is 13.8. The van der Waals surface area contributed by atoms with E-state index in [4.69, 9.17) is 13.7 Å². The lowest BCUT2D eigenvalue weighted by Crippen LogP contribution is -2.41. The molecule has 23 heavy (non-hydrogen) atoms. The summed E-state index contributed by atoms with van der Waals surface area (Å²) in [6.45, 7) is 7.60. The predicted molar refractivity (Wildman–Crippen MR) is 89.3 cm³/mol. The van der Waals surface area contributed by atoms with Crippen molar-refractivity contribution < 1.29 is 18.1 Å². The van der Waals surface area contributed by atoms with Gasteiger partial charge in [-0.15, -0.1) is 0 Å². The summed E-state index contributed by atoms with van der Waals surface area (Å²) in [7, 11) is -0.996. The molecule has 3 nitrogen and oxygen atoms in total. The molecule has 0 aliphatic carbocycles. The SMILES string of the molecule is CC1(C)OB(C(F)=Cc2ccccc2-c2ccco2)OC1(C)C. The first-order valence-electron chi connectivity index (χ1n) is 7.66. The summed E-state index contributed by atoms with van der Waals surface area (Å²) in [4.78, 5) is 0. The van der Waals surface area contributed by atoms with Gasteiger partial charge in [0.2, 0.25) is 0 Å². The topological polar surface area (TPSA) is 31.6 Å². The molecule has 1 aromatic carbocycles. The zero-order valence-corrected chi connectivity index (χ0v) is 13.8. The first-order valence-corrected chi connectivity index (χ1v) is 7.66. The van der Waals surface area contributed by atoms with E-state index in [1.165, 1.54) is 6.08 Å². The fourth-order valence-electron chi connectivity index (χ4n) is 2.45. The summed E-state index contributed by atoms with van der Waals surface area (Å²) in [6.07, 6.45) is 3.04. The van der Waals surface area contributed by atoms with Crippen LogP contribution in [0.2, 0.25) is 0 Å². The van der Waals surface area contributed by atoms with E-state index in [-0.39, 0.29) is 0 Å². The van der Waals surface area contributed by atoms with Crippen LogP contribution in [0.4, 0.5) is 4.39 Å². The molecule has 1 aliphatic rings. The van der Waals surface area contributed by atoms with E-state index < -0.39 is 24.0 Å². The highest BCUT2D eigenvalue weighted by Gasteiger charge is 2.53. The van der Waals surface area contributed by atoms with Gasteiger partial charge in [0, 0.05) is 5.56 Å². The average Bonchev–Trinajstić information content (AvgIpc) is 3.06. The molecular formula is C18H20BFO3. The summed E-state index contributed by atoms with van der Waals surface area (Å²) in [5.41, 5.74) is -0.0475. The third-order valence-electron chi connectivity index (χ3n) is 4.52. The van der Waals surface area contributed by atoms with Gasteiger partial charge in [-0.3, -0.25) is 0 Å². The van der Waals surface area contributed by atoms with Crippen LogP contribution in [-0.4, -0.2) is 18.3 Å². The van der Waals surface area contributed by atoms with Crippen molar-refractivity contribution in [2.24, 2.45) is 0 Å². The fourth-order valence-corrected chi connectivity index (χ4v) is 2.45. The molecule has 2 heterocycles. The van der Waals surface area contributed by atoms with Crippen LogP contribution in [0.3, 0.4) is 0 Å². The average molecular weight is 314 g/mol. The van der Waals surface area contributed by atoms with Crippen molar-refractivity contribution in [2.45, 2.75) is 38.9 Å². The molecule has 0 atom stereocenters. The molecule has 0 saturated carbocycles. The van der Waals surface area contributed by atoms with E-state index in [9.17, 15) is 4.39 Å². The summed E-state index contributed by atoms with van der Waals surface area (Å²) >= 11 is 0. The van der Waals surface area contributed by atoms with Gasteiger partial charge in [0.05, 0.1) is 17.5 Å². The molecule has 2 aromatic rings. The Labute approximate surface area is 136 Å². The molecular weight excluding hydrogens is 294 g/mol. The van der Waals surface area contributed by atoms with Crippen LogP contribution >= 0.6 is 0 Å². The van der Waals surface area contributed by atoms with Crippen molar-refractivity contribution in [1.29, 1.82) is 0 Å². The molecule has 0 N–H and O–H groups in total. The summed E-state index contributed by atoms with van der Waals surface area (Å²) < 4.78 is 31.6. The lowest BCUT2D eigenvalue weighted by atomic mass is 9.86. The van der Waals surface area contributed by atoms with Crippen LogP contribution in [-0.2, 0) is 9.31 Å². The Morgan fingerprint density at radius 3 is 2.26 bits per heavy atom. The highest BCUT2D eigenvalue weighted by atomic mass is 19.1. The maximum Gasteiger partial charge on any atom is 0.525 e. The molecule has 0 amide bonds. The number of hydrogen-bond acceptors (Lipinski definition) is 3. The van der Waals surface area contributed by atoms with Crippen LogP contribution in [0.1, 0.15) is 33.3 Å². The highest BCUT2D eigenvalue weighted by Crippen LogP contribution is 2.39. The van der Waals surface area contributed by atoms with Crippen molar-refractivity contribution in [3.63, 3.8) is 0 Å². The lowest BCUT2D eigenvalue weighted by Gasteiger charge is -2.32. The second kappa shape index (κ2) is 5.66. The molecule has 1 saturated heterocycles. The molecule has 0 radical (unpaired) electrons. The van der Waals surface area contributed by atoms with Crippen molar-refractivity contribution in [2.75, 3.05) is 0 Å². The Kier molecular flexibility index (Phi) is 3.94. The monoisotopic (exact) mass is 314 g/mol. The molecule has 1 fully saturated rings. The van der Waals surface area contributed by atoms with Gasteiger partial charge < -0.3 is 13.7 Å². The molecule has 120 valence electrons. The molecule has 1 aromatic heterocycles. The fraction of sp³-hybridized carbons (Fsp3) is 0.333. The van der Waals surface area contributed by atoms with Gasteiger partial charge in [-0.2, -0.15) is 0 Å². The van der Waals surface area contributed by atoms with Gasteiger partial charge in [-0.25, -0.2) is 4.39 Å². The van der Waals surface area contributed by atoms with Crippen molar-refractivity contribution in [3.05, 3.63) is 54.0 Å². The minimum Gasteiger partial charge on any atom is -0.464 e. The molecule has 3 rings (SSSR count). The van der Waals surface area contributed by atoms with Crippen LogP contribution in [0.25, 0.3) is 17.4 Å². The zero-order chi connectivity index (χ0) is 16.7. The summed E-state index contributed by atoms with van der Waals surface area (Å²) in [5, 5.41) is 0. The largest absolute Gasteiger partial charge is 0.525 e. The smallest absolute Gasteiger partial charge is 0.464 e. The summed E-state index contributed by atoms with van der Waals surface area (Å²) in [6, 6.07) is 11.1. The minimum atomic E-state index is -0.996. The van der Waals surface area contributed by atoms with Crippen LogP contribution < -0.4 is 0 Å². The van der Waals surface area contributed by atoms with Crippen molar-refractivity contribution in [1.82, 2.24) is 0 Å². The van der Waals surface area contributed by atoms with Gasteiger partial charge in [-0.1, -0.05) is 24.3 Å². The second-order valence-corrected chi connectivity index (χ2v) is 6.68. The van der Waals surface area contributed by atoms with Crippen LogP contribution in [0, 0.1) is 0 Å². The Morgan fingerprint density at radius 2 is 1.65 bits per heavy atom. The first kappa shape index (κ1) is 16.0. The van der Waals surface area contributed by atoms with Crippen molar-refractivity contribution >= 4 is 13.2 Å². The van der Waals surface area contributed by atoms with Crippen molar-refractivity contribution in [3.8, 4) is 11.3 Å². The Morgan fingerprint density at radius 1 is 1.00 bits per heavy atom. The number of rotatable bonds is 3. The third-order valence-corrected chi connectivity index (χ3v) is 4.52. The summed E-state index contributed by atoms with van der Waals surface area (Å²) in [5.74, 6) is 0.693. The predicted octanol–water partition coefficient (Wildman–Crippen LogP) is 4.89. The second-order valence-electron chi connectivity index (χ2n) is 6.68. The standard InChI is InChI=1S/C18H20BFO3/c1-17(2)18(3,4)23-19(22-17)16(20)12-13-8-5-6-9-14(13)15-10-7-11-21-15/h5-12H,1-4H3. The Balaban J connectivity index is 1.91. The van der Waals surface area contributed by atoms with E-state index in [0.29, 0.717) is 5.76 Å². The van der Waals surface area contributed by atoms with E-state index in [1.807, 2.05) is 58.0 Å². The van der Waals surface area contributed by atoms with Crippen LogP contribution in [0.5, 0.6) is 0 Å². The molecule has 1 aliphatic heterocycles.